The zero-order chi connectivity index (χ0) is 18.9. The Morgan fingerprint density at radius 3 is 2.81 bits per heavy atom. The molecule has 0 saturated carbocycles. The van der Waals surface area contributed by atoms with Gasteiger partial charge in [0, 0.05) is 19.1 Å². The number of amides is 1. The molecule has 0 bridgehead atoms. The summed E-state index contributed by atoms with van der Waals surface area (Å²) < 4.78 is 24.4. The highest BCUT2D eigenvalue weighted by molar-refractivity contribution is 5.69. The second-order valence-corrected chi connectivity index (χ2v) is 7.43. The van der Waals surface area contributed by atoms with Crippen LogP contribution in [0.15, 0.2) is 30.5 Å². The van der Waals surface area contributed by atoms with Crippen molar-refractivity contribution in [2.45, 2.75) is 44.9 Å². The topological polar surface area (TPSA) is 67.5 Å². The fourth-order valence-corrected chi connectivity index (χ4v) is 3.06. The summed E-state index contributed by atoms with van der Waals surface area (Å²) in [5, 5.41) is 0. The minimum absolute atomic E-state index is 0.0877. The molecule has 26 heavy (non-hydrogen) atoms. The van der Waals surface area contributed by atoms with E-state index < -0.39 is 11.7 Å². The summed E-state index contributed by atoms with van der Waals surface area (Å²) in [6, 6.07) is 6.01. The lowest BCUT2D eigenvalue weighted by Gasteiger charge is -2.27. The van der Waals surface area contributed by atoms with Crippen LogP contribution in [0.3, 0.4) is 0 Å². The SMILES string of the molecule is CO[C@@H]1C[C@@H](c2ncc(-c3cccc(F)c3)[nH]2)N(C(=O)OC(C)(C)C)C1. The van der Waals surface area contributed by atoms with Gasteiger partial charge >= 0.3 is 6.09 Å². The largest absolute Gasteiger partial charge is 0.444 e. The summed E-state index contributed by atoms with van der Waals surface area (Å²) in [5.41, 5.74) is 0.821. The molecule has 1 aromatic heterocycles. The van der Waals surface area contributed by atoms with Gasteiger partial charge < -0.3 is 14.5 Å². The molecule has 1 saturated heterocycles. The number of ether oxygens (including phenoxy) is 2. The zero-order valence-electron chi connectivity index (χ0n) is 15.5. The van der Waals surface area contributed by atoms with E-state index >= 15 is 0 Å². The molecule has 1 N–H and O–H groups in total. The normalized spacial score (nSPS) is 20.4. The van der Waals surface area contributed by atoms with Crippen LogP contribution in [0.25, 0.3) is 11.3 Å². The molecule has 1 aliphatic rings. The molecule has 0 spiro atoms. The van der Waals surface area contributed by atoms with Gasteiger partial charge in [0.05, 0.1) is 30.6 Å². The molecule has 7 heteroatoms. The van der Waals surface area contributed by atoms with E-state index in [4.69, 9.17) is 9.47 Å². The first-order valence-electron chi connectivity index (χ1n) is 8.60. The fraction of sp³-hybridized carbons (Fsp3) is 0.474. The van der Waals surface area contributed by atoms with Crippen molar-refractivity contribution in [2.24, 2.45) is 0 Å². The Morgan fingerprint density at radius 2 is 2.15 bits per heavy atom. The van der Waals surface area contributed by atoms with Crippen LogP contribution in [0.5, 0.6) is 0 Å². The Morgan fingerprint density at radius 1 is 1.38 bits per heavy atom. The number of hydrogen-bond acceptors (Lipinski definition) is 4. The number of halogens is 1. The average molecular weight is 361 g/mol. The molecule has 1 amide bonds. The molecule has 6 nitrogen and oxygen atoms in total. The van der Waals surface area contributed by atoms with Crippen molar-refractivity contribution in [2.75, 3.05) is 13.7 Å². The van der Waals surface area contributed by atoms with E-state index in [0.717, 1.165) is 0 Å². The number of nitrogens with zero attached hydrogens (tertiary/aromatic N) is 2. The van der Waals surface area contributed by atoms with Crippen molar-refractivity contribution < 1.29 is 18.7 Å². The Hall–Kier alpha value is -2.41. The molecule has 2 heterocycles. The summed E-state index contributed by atoms with van der Waals surface area (Å²) in [6.07, 6.45) is 1.78. The van der Waals surface area contributed by atoms with Crippen LogP contribution < -0.4 is 0 Å². The van der Waals surface area contributed by atoms with Crippen LogP contribution in [0, 0.1) is 5.82 Å². The van der Waals surface area contributed by atoms with Gasteiger partial charge in [-0.25, -0.2) is 14.2 Å². The summed E-state index contributed by atoms with van der Waals surface area (Å²) in [5.74, 6) is 0.323. The van der Waals surface area contributed by atoms with Gasteiger partial charge in [-0.2, -0.15) is 0 Å². The molecule has 0 unspecified atom stereocenters. The number of aromatic amines is 1. The van der Waals surface area contributed by atoms with Crippen LogP contribution in [0.4, 0.5) is 9.18 Å². The lowest BCUT2D eigenvalue weighted by Crippen LogP contribution is -2.37. The first-order chi connectivity index (χ1) is 12.3. The summed E-state index contributed by atoms with van der Waals surface area (Å²) in [6.45, 7) is 5.93. The van der Waals surface area contributed by atoms with Crippen LogP contribution in [-0.4, -0.2) is 46.3 Å². The maximum absolute atomic E-state index is 13.5. The summed E-state index contributed by atoms with van der Waals surface area (Å²) >= 11 is 0. The molecule has 1 aliphatic heterocycles. The minimum Gasteiger partial charge on any atom is -0.444 e. The molecule has 3 rings (SSSR count). The highest BCUT2D eigenvalue weighted by Gasteiger charge is 2.40. The Bertz CT molecular complexity index is 784. The van der Waals surface area contributed by atoms with E-state index in [2.05, 4.69) is 9.97 Å². The van der Waals surface area contributed by atoms with Gasteiger partial charge in [-0.3, -0.25) is 4.90 Å². The standard InChI is InChI=1S/C19H24FN3O3/c1-19(2,3)26-18(24)23-11-14(25-4)9-16(23)17-21-10-15(22-17)12-6-5-7-13(20)8-12/h5-8,10,14,16H,9,11H2,1-4H3,(H,21,22)/t14-,16+/m1/s1. The van der Waals surface area contributed by atoms with Crippen molar-refractivity contribution in [3.63, 3.8) is 0 Å². The molecule has 0 radical (unpaired) electrons. The van der Waals surface area contributed by atoms with E-state index in [1.165, 1.54) is 12.1 Å². The van der Waals surface area contributed by atoms with Gasteiger partial charge in [0.25, 0.3) is 0 Å². The quantitative estimate of drug-likeness (QED) is 0.900. The van der Waals surface area contributed by atoms with E-state index in [-0.39, 0.29) is 18.0 Å². The average Bonchev–Trinajstić information content (AvgIpc) is 3.20. The Kier molecular flexibility index (Phi) is 5.00. The Balaban J connectivity index is 1.85. The smallest absolute Gasteiger partial charge is 0.411 e. The predicted octanol–water partition coefficient (Wildman–Crippen LogP) is 3.91. The van der Waals surface area contributed by atoms with E-state index in [1.54, 1.807) is 30.3 Å². The maximum Gasteiger partial charge on any atom is 0.411 e. The number of benzene rings is 1. The molecular formula is C19H24FN3O3. The molecule has 140 valence electrons. The first-order valence-corrected chi connectivity index (χ1v) is 8.60. The van der Waals surface area contributed by atoms with Crippen molar-refractivity contribution in [3.8, 4) is 11.3 Å². The number of carbonyl (C=O) groups is 1. The van der Waals surface area contributed by atoms with Gasteiger partial charge in [-0.15, -0.1) is 0 Å². The van der Waals surface area contributed by atoms with Gasteiger partial charge in [-0.05, 0) is 32.9 Å². The highest BCUT2D eigenvalue weighted by atomic mass is 19.1. The zero-order valence-corrected chi connectivity index (χ0v) is 15.5. The third-order valence-corrected chi connectivity index (χ3v) is 4.27. The monoisotopic (exact) mass is 361 g/mol. The van der Waals surface area contributed by atoms with Gasteiger partial charge in [-0.1, -0.05) is 12.1 Å². The third kappa shape index (κ3) is 4.04. The molecule has 1 fully saturated rings. The lowest BCUT2D eigenvalue weighted by atomic mass is 10.1. The molecule has 2 atom stereocenters. The third-order valence-electron chi connectivity index (χ3n) is 4.27. The number of likely N-dealkylation sites (tertiary alicyclic amines) is 1. The van der Waals surface area contributed by atoms with E-state index in [1.807, 2.05) is 20.8 Å². The number of aromatic nitrogens is 2. The van der Waals surface area contributed by atoms with Crippen molar-refractivity contribution >= 4 is 6.09 Å². The summed E-state index contributed by atoms with van der Waals surface area (Å²) in [7, 11) is 1.63. The van der Waals surface area contributed by atoms with Crippen molar-refractivity contribution in [3.05, 3.63) is 42.1 Å². The van der Waals surface area contributed by atoms with Crippen LogP contribution in [-0.2, 0) is 9.47 Å². The minimum atomic E-state index is -0.581. The summed E-state index contributed by atoms with van der Waals surface area (Å²) in [4.78, 5) is 21.8. The van der Waals surface area contributed by atoms with Gasteiger partial charge in [0.15, 0.2) is 0 Å². The first kappa shape index (κ1) is 18.4. The number of imidazole rings is 1. The number of nitrogens with one attached hydrogen (secondary N) is 1. The van der Waals surface area contributed by atoms with Crippen molar-refractivity contribution in [1.29, 1.82) is 0 Å². The predicted molar refractivity (Wildman–Crippen MR) is 95.1 cm³/mol. The molecule has 0 aliphatic carbocycles. The number of carbonyl (C=O) groups excluding carboxylic acids is 1. The van der Waals surface area contributed by atoms with Crippen LogP contribution in [0.1, 0.15) is 39.1 Å². The number of rotatable bonds is 3. The number of hydrogen-bond donors (Lipinski definition) is 1. The second kappa shape index (κ2) is 7.07. The highest BCUT2D eigenvalue weighted by Crippen LogP contribution is 2.34. The maximum atomic E-state index is 13.5. The van der Waals surface area contributed by atoms with E-state index in [9.17, 15) is 9.18 Å². The molecule has 1 aromatic carbocycles. The second-order valence-electron chi connectivity index (χ2n) is 7.43. The van der Waals surface area contributed by atoms with Gasteiger partial charge in [0.1, 0.15) is 17.2 Å². The molecular weight excluding hydrogens is 337 g/mol. The fourth-order valence-electron chi connectivity index (χ4n) is 3.06. The van der Waals surface area contributed by atoms with Crippen LogP contribution >= 0.6 is 0 Å². The number of methoxy groups -OCH3 is 1. The van der Waals surface area contributed by atoms with E-state index in [0.29, 0.717) is 30.0 Å². The van der Waals surface area contributed by atoms with Crippen molar-refractivity contribution in [1.82, 2.24) is 14.9 Å². The van der Waals surface area contributed by atoms with Crippen LogP contribution in [0.2, 0.25) is 0 Å². The molecule has 2 aromatic rings. The number of H-pyrrole nitrogens is 1. The lowest BCUT2D eigenvalue weighted by molar-refractivity contribution is 0.0190. The Labute approximate surface area is 152 Å². The van der Waals surface area contributed by atoms with Gasteiger partial charge in [0.2, 0.25) is 0 Å².